The lowest BCUT2D eigenvalue weighted by molar-refractivity contribution is -0.275. The maximum absolute atomic E-state index is 12.4. The molecule has 0 spiro atoms. The van der Waals surface area contributed by atoms with Gasteiger partial charge >= 0.3 is 6.36 Å². The molecule has 0 fully saturated rings. The molecule has 11 heteroatoms. The van der Waals surface area contributed by atoms with Gasteiger partial charge in [0.1, 0.15) is 11.6 Å². The first-order chi connectivity index (χ1) is 14.3. The number of nitriles is 1. The number of phenolic OH excluding ortho intramolecular Hbond substituents is 1. The second kappa shape index (κ2) is 8.36. The number of hydrogen-bond donors (Lipinski definition) is 3. The van der Waals surface area contributed by atoms with Crippen LogP contribution in [0.1, 0.15) is 11.1 Å². The molecule has 0 aliphatic heterocycles. The maximum atomic E-state index is 12.4. The Balaban J connectivity index is 1.85. The van der Waals surface area contributed by atoms with Gasteiger partial charge in [-0.15, -0.1) is 13.2 Å². The Labute approximate surface area is 166 Å². The van der Waals surface area contributed by atoms with Crippen molar-refractivity contribution in [2.75, 3.05) is 5.43 Å². The summed E-state index contributed by atoms with van der Waals surface area (Å²) in [4.78, 5) is 18.7. The SMILES string of the molecule is N#Cc1c(-c2ccccc2)nc(NN=Cc2ccc(O)c(OC(F)(F)F)c2)[nH]c1=O. The number of phenols is 1. The molecule has 0 saturated heterocycles. The Hall–Kier alpha value is -4.33. The number of nitrogens with one attached hydrogen (secondary N) is 2. The number of ether oxygens (including phenoxy) is 1. The topological polar surface area (TPSA) is 123 Å². The Morgan fingerprint density at radius 2 is 1.97 bits per heavy atom. The third kappa shape index (κ3) is 4.93. The van der Waals surface area contributed by atoms with Gasteiger partial charge in [0.25, 0.3) is 5.56 Å². The average Bonchev–Trinajstić information content (AvgIpc) is 2.69. The molecule has 3 aromatic rings. The van der Waals surface area contributed by atoms with Crippen molar-refractivity contribution in [3.63, 3.8) is 0 Å². The molecule has 0 atom stereocenters. The van der Waals surface area contributed by atoms with Gasteiger partial charge in [-0.05, 0) is 23.8 Å². The van der Waals surface area contributed by atoms with E-state index in [-0.39, 0.29) is 22.8 Å². The van der Waals surface area contributed by atoms with E-state index in [1.165, 1.54) is 6.07 Å². The number of aromatic amines is 1. The van der Waals surface area contributed by atoms with Crippen molar-refractivity contribution in [2.24, 2.45) is 5.10 Å². The number of rotatable bonds is 5. The first-order valence-electron chi connectivity index (χ1n) is 8.24. The van der Waals surface area contributed by atoms with E-state index in [9.17, 15) is 28.3 Å². The molecule has 0 bridgehead atoms. The van der Waals surface area contributed by atoms with E-state index in [1.807, 2.05) is 0 Å². The fourth-order valence-corrected chi connectivity index (χ4v) is 2.42. The number of hydrogen-bond acceptors (Lipinski definition) is 7. The number of alkyl halides is 3. The van der Waals surface area contributed by atoms with Crippen LogP contribution in [0.3, 0.4) is 0 Å². The number of nitrogens with zero attached hydrogens (tertiary/aromatic N) is 3. The molecule has 30 heavy (non-hydrogen) atoms. The summed E-state index contributed by atoms with van der Waals surface area (Å²) < 4.78 is 40.8. The van der Waals surface area contributed by atoms with Crippen molar-refractivity contribution in [1.29, 1.82) is 5.26 Å². The zero-order chi connectivity index (χ0) is 21.7. The number of anilines is 1. The van der Waals surface area contributed by atoms with E-state index in [0.717, 1.165) is 18.3 Å². The molecular formula is C19H12F3N5O3. The van der Waals surface area contributed by atoms with Gasteiger partial charge in [-0.25, -0.2) is 10.4 Å². The molecule has 0 unspecified atom stereocenters. The molecule has 2 aromatic carbocycles. The predicted octanol–water partition coefficient (Wildman–Crippen LogP) is 3.36. The summed E-state index contributed by atoms with van der Waals surface area (Å²) in [6.45, 7) is 0. The molecule has 0 saturated carbocycles. The second-order valence-corrected chi connectivity index (χ2v) is 5.76. The van der Waals surface area contributed by atoms with E-state index >= 15 is 0 Å². The molecular weight excluding hydrogens is 403 g/mol. The molecule has 0 amide bonds. The number of aromatic nitrogens is 2. The molecule has 152 valence electrons. The smallest absolute Gasteiger partial charge is 0.504 e. The van der Waals surface area contributed by atoms with E-state index < -0.39 is 23.4 Å². The molecule has 1 aromatic heterocycles. The summed E-state index contributed by atoms with van der Waals surface area (Å²) in [7, 11) is 0. The minimum absolute atomic E-state index is 0.0837. The number of benzene rings is 2. The Bertz CT molecular complexity index is 1180. The predicted molar refractivity (Wildman–Crippen MR) is 101 cm³/mol. The largest absolute Gasteiger partial charge is 0.573 e. The minimum Gasteiger partial charge on any atom is -0.504 e. The van der Waals surface area contributed by atoms with Gasteiger partial charge in [0, 0.05) is 5.56 Å². The van der Waals surface area contributed by atoms with Crippen LogP contribution in [-0.4, -0.2) is 27.7 Å². The first kappa shape index (κ1) is 20.4. The summed E-state index contributed by atoms with van der Waals surface area (Å²) in [5.41, 5.74) is 2.43. The van der Waals surface area contributed by atoms with Crippen molar-refractivity contribution >= 4 is 12.2 Å². The maximum Gasteiger partial charge on any atom is 0.573 e. The molecule has 0 aliphatic carbocycles. The quantitative estimate of drug-likeness (QED) is 0.434. The number of hydrazone groups is 1. The lowest BCUT2D eigenvalue weighted by atomic mass is 10.1. The molecule has 0 radical (unpaired) electrons. The van der Waals surface area contributed by atoms with Gasteiger partial charge in [0.2, 0.25) is 5.95 Å². The van der Waals surface area contributed by atoms with Crippen molar-refractivity contribution in [3.8, 4) is 28.8 Å². The second-order valence-electron chi connectivity index (χ2n) is 5.76. The standard InChI is InChI=1S/C19H12F3N5O3/c20-19(21,22)30-15-8-11(6-7-14(15)28)10-24-27-18-25-16(12-4-2-1-3-5-12)13(9-23)17(29)26-18/h1-8,10,28H,(H2,25,26,27,29). The van der Waals surface area contributed by atoms with Crippen LogP contribution in [0.4, 0.5) is 19.1 Å². The lowest BCUT2D eigenvalue weighted by Crippen LogP contribution is -2.17. The van der Waals surface area contributed by atoms with E-state index in [4.69, 9.17) is 0 Å². The zero-order valence-corrected chi connectivity index (χ0v) is 14.9. The summed E-state index contributed by atoms with van der Waals surface area (Å²) in [5.74, 6) is -1.56. The van der Waals surface area contributed by atoms with E-state index in [1.54, 1.807) is 36.4 Å². The summed E-state index contributed by atoms with van der Waals surface area (Å²) in [5, 5.41) is 22.5. The van der Waals surface area contributed by atoms with Crippen LogP contribution in [0.5, 0.6) is 11.5 Å². The normalized spacial score (nSPS) is 11.3. The van der Waals surface area contributed by atoms with Crippen molar-refractivity contribution < 1.29 is 23.0 Å². The van der Waals surface area contributed by atoms with Crippen LogP contribution >= 0.6 is 0 Å². The molecule has 8 nitrogen and oxygen atoms in total. The van der Waals surface area contributed by atoms with E-state index in [2.05, 4.69) is 25.2 Å². The first-order valence-corrected chi connectivity index (χ1v) is 8.24. The van der Waals surface area contributed by atoms with Gasteiger partial charge in [0.15, 0.2) is 11.5 Å². The fourth-order valence-electron chi connectivity index (χ4n) is 2.42. The van der Waals surface area contributed by atoms with Gasteiger partial charge in [0.05, 0.1) is 11.9 Å². The van der Waals surface area contributed by atoms with Crippen molar-refractivity contribution in [3.05, 3.63) is 70.0 Å². The van der Waals surface area contributed by atoms with Gasteiger partial charge in [-0.3, -0.25) is 9.78 Å². The van der Waals surface area contributed by atoms with Crippen LogP contribution in [0, 0.1) is 11.3 Å². The highest BCUT2D eigenvalue weighted by Gasteiger charge is 2.32. The fraction of sp³-hybridized carbons (Fsp3) is 0.0526. The highest BCUT2D eigenvalue weighted by Crippen LogP contribution is 2.31. The summed E-state index contributed by atoms with van der Waals surface area (Å²) >= 11 is 0. The molecule has 3 N–H and O–H groups in total. The van der Waals surface area contributed by atoms with Crippen LogP contribution in [0.2, 0.25) is 0 Å². The summed E-state index contributed by atoms with van der Waals surface area (Å²) in [6.07, 6.45) is -3.84. The number of H-pyrrole nitrogens is 1. The van der Waals surface area contributed by atoms with Crippen LogP contribution < -0.4 is 15.7 Å². The lowest BCUT2D eigenvalue weighted by Gasteiger charge is -2.10. The van der Waals surface area contributed by atoms with Crippen LogP contribution in [0.15, 0.2) is 58.4 Å². The van der Waals surface area contributed by atoms with Gasteiger partial charge < -0.3 is 9.84 Å². The van der Waals surface area contributed by atoms with Crippen molar-refractivity contribution in [2.45, 2.75) is 6.36 Å². The molecule has 3 rings (SSSR count). The van der Waals surface area contributed by atoms with Crippen molar-refractivity contribution in [1.82, 2.24) is 9.97 Å². The monoisotopic (exact) mass is 415 g/mol. The number of aromatic hydroxyl groups is 1. The Kier molecular flexibility index (Phi) is 5.68. The highest BCUT2D eigenvalue weighted by molar-refractivity contribution is 5.81. The highest BCUT2D eigenvalue weighted by atomic mass is 19.4. The van der Waals surface area contributed by atoms with Crippen LogP contribution in [-0.2, 0) is 0 Å². The molecule has 0 aliphatic rings. The molecule has 1 heterocycles. The van der Waals surface area contributed by atoms with Gasteiger partial charge in [-0.1, -0.05) is 30.3 Å². The Morgan fingerprint density at radius 1 is 1.23 bits per heavy atom. The third-order valence-corrected chi connectivity index (χ3v) is 3.67. The van der Waals surface area contributed by atoms with Gasteiger partial charge in [-0.2, -0.15) is 10.4 Å². The third-order valence-electron chi connectivity index (χ3n) is 3.67. The zero-order valence-electron chi connectivity index (χ0n) is 14.9. The minimum atomic E-state index is -4.97. The van der Waals surface area contributed by atoms with Crippen LogP contribution in [0.25, 0.3) is 11.3 Å². The van der Waals surface area contributed by atoms with E-state index in [0.29, 0.717) is 5.56 Å². The summed E-state index contributed by atoms with van der Waals surface area (Å²) in [6, 6.07) is 13.6. The average molecular weight is 415 g/mol. The Morgan fingerprint density at radius 3 is 2.63 bits per heavy atom. The number of halogens is 3.